The lowest BCUT2D eigenvalue weighted by Crippen LogP contribution is -2.21. The van der Waals surface area contributed by atoms with Crippen molar-refractivity contribution in [2.45, 2.75) is 13.5 Å². The van der Waals surface area contributed by atoms with Crippen LogP contribution < -0.4 is 5.32 Å². The van der Waals surface area contributed by atoms with Crippen molar-refractivity contribution in [2.75, 3.05) is 0 Å². The third-order valence-electron chi connectivity index (χ3n) is 2.02. The van der Waals surface area contributed by atoms with E-state index >= 15 is 0 Å². The Morgan fingerprint density at radius 3 is 2.81 bits per heavy atom. The van der Waals surface area contributed by atoms with Crippen LogP contribution in [0.4, 0.5) is 0 Å². The Kier molecular flexibility index (Phi) is 3.46. The molecule has 0 saturated heterocycles. The Morgan fingerprint density at radius 2 is 2.25 bits per heavy atom. The fraction of sp³-hybridized carbons (Fsp3) is 0.182. The van der Waals surface area contributed by atoms with Gasteiger partial charge < -0.3 is 9.73 Å². The van der Waals surface area contributed by atoms with Crippen LogP contribution in [0.5, 0.6) is 0 Å². The maximum absolute atomic E-state index is 11.6. The molecule has 16 heavy (non-hydrogen) atoms. The minimum Gasteiger partial charge on any atom is -0.444 e. The second-order valence-electron chi connectivity index (χ2n) is 3.30. The number of halogens is 1. The summed E-state index contributed by atoms with van der Waals surface area (Å²) in [7, 11) is 0. The van der Waals surface area contributed by atoms with E-state index in [-0.39, 0.29) is 5.91 Å². The van der Waals surface area contributed by atoms with Gasteiger partial charge in [-0.2, -0.15) is 0 Å². The zero-order valence-electron chi connectivity index (χ0n) is 8.62. The molecule has 2 heterocycles. The van der Waals surface area contributed by atoms with Crippen LogP contribution in [0.15, 0.2) is 33.4 Å². The number of thiophene rings is 1. The summed E-state index contributed by atoms with van der Waals surface area (Å²) >= 11 is 4.83. The molecule has 0 atom stereocenters. The molecule has 2 aromatic heterocycles. The molecule has 2 rings (SSSR count). The molecule has 0 saturated carbocycles. The third kappa shape index (κ3) is 2.74. The summed E-state index contributed by atoms with van der Waals surface area (Å²) in [5.74, 6) is 0.122. The minimum absolute atomic E-state index is 0.197. The van der Waals surface area contributed by atoms with E-state index in [4.69, 9.17) is 4.42 Å². The van der Waals surface area contributed by atoms with E-state index in [0.29, 0.717) is 17.0 Å². The van der Waals surface area contributed by atoms with Crippen LogP contribution in [-0.4, -0.2) is 5.91 Å². The summed E-state index contributed by atoms with van der Waals surface area (Å²) in [4.78, 5) is 14.0. The number of rotatable bonds is 3. The monoisotopic (exact) mass is 299 g/mol. The van der Waals surface area contributed by atoms with Crippen molar-refractivity contribution in [3.8, 4) is 0 Å². The van der Waals surface area contributed by atoms with Gasteiger partial charge in [-0.25, -0.2) is 0 Å². The Labute approximate surface area is 106 Å². The van der Waals surface area contributed by atoms with Crippen LogP contribution in [0.2, 0.25) is 0 Å². The van der Waals surface area contributed by atoms with E-state index in [1.165, 1.54) is 4.88 Å². The molecular formula is C11H10BrNO2S. The highest BCUT2D eigenvalue weighted by Crippen LogP contribution is 2.16. The van der Waals surface area contributed by atoms with E-state index < -0.39 is 0 Å². The van der Waals surface area contributed by atoms with Crippen molar-refractivity contribution in [3.05, 3.63) is 44.4 Å². The van der Waals surface area contributed by atoms with E-state index in [9.17, 15) is 4.79 Å². The first kappa shape index (κ1) is 11.4. The number of amides is 1. The molecule has 0 bridgehead atoms. The summed E-state index contributed by atoms with van der Waals surface area (Å²) in [6.45, 7) is 2.58. The highest BCUT2D eigenvalue weighted by atomic mass is 79.9. The van der Waals surface area contributed by atoms with Crippen molar-refractivity contribution >= 4 is 33.2 Å². The second-order valence-corrected chi connectivity index (χ2v) is 5.45. The van der Waals surface area contributed by atoms with Crippen LogP contribution in [-0.2, 0) is 6.54 Å². The van der Waals surface area contributed by atoms with Crippen molar-refractivity contribution in [3.63, 3.8) is 0 Å². The van der Waals surface area contributed by atoms with E-state index in [2.05, 4.69) is 21.2 Å². The molecule has 2 aromatic rings. The standard InChI is InChI=1S/C11H10BrNO2S/c1-7-2-3-8(16-7)6-13-11(14)9-4-5-10(12)15-9/h2-5H,6H2,1H3,(H,13,14). The second kappa shape index (κ2) is 4.84. The molecule has 1 amide bonds. The summed E-state index contributed by atoms with van der Waals surface area (Å²) in [5, 5.41) is 2.80. The first-order valence-electron chi connectivity index (χ1n) is 4.74. The van der Waals surface area contributed by atoms with Crippen molar-refractivity contribution in [2.24, 2.45) is 0 Å². The van der Waals surface area contributed by atoms with Crippen LogP contribution in [0.1, 0.15) is 20.3 Å². The first-order valence-corrected chi connectivity index (χ1v) is 6.35. The number of hydrogen-bond donors (Lipinski definition) is 1. The van der Waals surface area contributed by atoms with Gasteiger partial charge in [-0.15, -0.1) is 11.3 Å². The van der Waals surface area contributed by atoms with E-state index in [1.54, 1.807) is 23.5 Å². The Morgan fingerprint density at radius 1 is 1.44 bits per heavy atom. The molecular weight excluding hydrogens is 290 g/mol. The predicted octanol–water partition coefficient (Wildman–Crippen LogP) is 3.34. The van der Waals surface area contributed by atoms with Crippen molar-refractivity contribution in [1.29, 1.82) is 0 Å². The Balaban J connectivity index is 1.93. The van der Waals surface area contributed by atoms with Crippen LogP contribution >= 0.6 is 27.3 Å². The van der Waals surface area contributed by atoms with Gasteiger partial charge in [0, 0.05) is 9.75 Å². The SMILES string of the molecule is Cc1ccc(CNC(=O)c2ccc(Br)o2)s1. The molecule has 0 aromatic carbocycles. The largest absolute Gasteiger partial charge is 0.444 e. The van der Waals surface area contributed by atoms with Gasteiger partial charge in [0.1, 0.15) is 0 Å². The van der Waals surface area contributed by atoms with Gasteiger partial charge >= 0.3 is 0 Å². The predicted molar refractivity (Wildman–Crippen MR) is 66.6 cm³/mol. The van der Waals surface area contributed by atoms with Gasteiger partial charge in [-0.3, -0.25) is 4.79 Å². The number of carbonyl (C=O) groups excluding carboxylic acids is 1. The maximum atomic E-state index is 11.6. The number of aryl methyl sites for hydroxylation is 1. The molecule has 0 aliphatic rings. The maximum Gasteiger partial charge on any atom is 0.287 e. The van der Waals surface area contributed by atoms with Crippen LogP contribution in [0.25, 0.3) is 0 Å². The molecule has 1 N–H and O–H groups in total. The molecule has 84 valence electrons. The Bertz CT molecular complexity index is 504. The average Bonchev–Trinajstić information content (AvgIpc) is 2.84. The summed E-state index contributed by atoms with van der Waals surface area (Å²) in [6, 6.07) is 7.39. The molecule has 0 aliphatic heterocycles. The number of hydrogen-bond acceptors (Lipinski definition) is 3. The normalized spacial score (nSPS) is 10.4. The van der Waals surface area contributed by atoms with Gasteiger partial charge in [-0.05, 0) is 47.1 Å². The molecule has 0 spiro atoms. The zero-order chi connectivity index (χ0) is 11.5. The molecule has 0 unspecified atom stereocenters. The number of nitrogens with one attached hydrogen (secondary N) is 1. The zero-order valence-corrected chi connectivity index (χ0v) is 11.0. The van der Waals surface area contributed by atoms with Crippen molar-refractivity contribution in [1.82, 2.24) is 5.32 Å². The van der Waals surface area contributed by atoms with Gasteiger partial charge in [-0.1, -0.05) is 0 Å². The molecule has 3 nitrogen and oxygen atoms in total. The lowest BCUT2D eigenvalue weighted by molar-refractivity contribution is 0.0922. The lowest BCUT2D eigenvalue weighted by atomic mass is 10.4. The van der Waals surface area contributed by atoms with Gasteiger partial charge in [0.25, 0.3) is 5.91 Å². The van der Waals surface area contributed by atoms with Crippen LogP contribution in [0.3, 0.4) is 0 Å². The van der Waals surface area contributed by atoms with E-state index in [0.717, 1.165) is 4.88 Å². The first-order chi connectivity index (χ1) is 7.65. The number of carbonyl (C=O) groups is 1. The Hall–Kier alpha value is -1.07. The quantitative estimate of drug-likeness (QED) is 0.944. The number of furan rings is 1. The molecule has 5 heteroatoms. The topological polar surface area (TPSA) is 42.2 Å². The molecule has 0 fully saturated rings. The van der Waals surface area contributed by atoms with Crippen molar-refractivity contribution < 1.29 is 9.21 Å². The summed E-state index contributed by atoms with van der Waals surface area (Å²) < 4.78 is 5.71. The van der Waals surface area contributed by atoms with Gasteiger partial charge in [0.2, 0.25) is 0 Å². The smallest absolute Gasteiger partial charge is 0.287 e. The minimum atomic E-state index is -0.197. The fourth-order valence-electron chi connectivity index (χ4n) is 1.27. The van der Waals surface area contributed by atoms with Gasteiger partial charge in [0.05, 0.1) is 6.54 Å². The average molecular weight is 300 g/mol. The highest BCUT2D eigenvalue weighted by molar-refractivity contribution is 9.10. The summed E-state index contributed by atoms with van der Waals surface area (Å²) in [5.41, 5.74) is 0. The molecule has 0 aliphatic carbocycles. The lowest BCUT2D eigenvalue weighted by Gasteiger charge is -2.00. The summed E-state index contributed by atoms with van der Waals surface area (Å²) in [6.07, 6.45) is 0. The molecule has 0 radical (unpaired) electrons. The third-order valence-corrected chi connectivity index (χ3v) is 3.44. The fourth-order valence-corrected chi connectivity index (χ4v) is 2.41. The van der Waals surface area contributed by atoms with E-state index in [1.807, 2.05) is 19.1 Å². The van der Waals surface area contributed by atoms with Crippen LogP contribution in [0, 0.1) is 6.92 Å². The highest BCUT2D eigenvalue weighted by Gasteiger charge is 2.09. The van der Waals surface area contributed by atoms with Gasteiger partial charge in [0.15, 0.2) is 10.4 Å².